The van der Waals surface area contributed by atoms with Gasteiger partial charge in [0, 0.05) is 22.0 Å². The molecule has 0 saturated heterocycles. The molecule has 96 valence electrons. The Kier molecular flexibility index (Phi) is 4.71. The highest BCUT2D eigenvalue weighted by Gasteiger charge is 2.15. The zero-order chi connectivity index (χ0) is 13.0. The molecule has 0 fully saturated rings. The normalized spacial score (nSPS) is 12.4. The Labute approximate surface area is 118 Å². The SMILES string of the molecule is COc1ccc(Br)c(C(Cc2cncs2)NN)c1. The Morgan fingerprint density at radius 1 is 1.56 bits per heavy atom. The van der Waals surface area contributed by atoms with E-state index in [2.05, 4.69) is 26.3 Å². The van der Waals surface area contributed by atoms with Crippen molar-refractivity contribution in [3.05, 3.63) is 44.8 Å². The highest BCUT2D eigenvalue weighted by atomic mass is 79.9. The van der Waals surface area contributed by atoms with E-state index in [1.165, 1.54) is 4.88 Å². The first-order valence-corrected chi connectivity index (χ1v) is 7.08. The van der Waals surface area contributed by atoms with Crippen LogP contribution in [-0.4, -0.2) is 12.1 Å². The van der Waals surface area contributed by atoms with Crippen LogP contribution in [0.25, 0.3) is 0 Å². The van der Waals surface area contributed by atoms with Crippen molar-refractivity contribution in [3.63, 3.8) is 0 Å². The zero-order valence-electron chi connectivity index (χ0n) is 9.89. The number of nitrogens with one attached hydrogen (secondary N) is 1. The summed E-state index contributed by atoms with van der Waals surface area (Å²) in [6.07, 6.45) is 2.66. The molecule has 6 heteroatoms. The highest BCUT2D eigenvalue weighted by molar-refractivity contribution is 9.10. The minimum absolute atomic E-state index is 0.0231. The first-order valence-electron chi connectivity index (χ1n) is 5.41. The first-order chi connectivity index (χ1) is 8.74. The molecular weight excluding hydrogens is 314 g/mol. The van der Waals surface area contributed by atoms with Crippen molar-refractivity contribution >= 4 is 27.3 Å². The second-order valence-corrected chi connectivity index (χ2v) is 5.60. The van der Waals surface area contributed by atoms with E-state index in [0.717, 1.165) is 22.2 Å². The van der Waals surface area contributed by atoms with Gasteiger partial charge >= 0.3 is 0 Å². The van der Waals surface area contributed by atoms with Crippen LogP contribution < -0.4 is 16.0 Å². The number of methoxy groups -OCH3 is 1. The standard InChI is InChI=1S/C12H14BrN3OS/c1-17-8-2-3-11(13)10(4-8)12(16-14)5-9-6-15-7-18-9/h2-4,6-7,12,16H,5,14H2,1H3. The van der Waals surface area contributed by atoms with E-state index in [4.69, 9.17) is 10.6 Å². The molecule has 1 aromatic heterocycles. The van der Waals surface area contributed by atoms with Crippen LogP contribution in [0.15, 0.2) is 34.4 Å². The van der Waals surface area contributed by atoms with E-state index in [-0.39, 0.29) is 6.04 Å². The van der Waals surface area contributed by atoms with Crippen molar-refractivity contribution in [2.45, 2.75) is 12.5 Å². The number of thiazole rings is 1. The third kappa shape index (κ3) is 3.08. The molecule has 0 spiro atoms. The minimum atomic E-state index is 0.0231. The summed E-state index contributed by atoms with van der Waals surface area (Å²) in [4.78, 5) is 5.26. The Balaban J connectivity index is 2.26. The number of benzene rings is 1. The Morgan fingerprint density at radius 2 is 2.39 bits per heavy atom. The molecule has 2 rings (SSSR count). The molecular formula is C12H14BrN3OS. The number of aromatic nitrogens is 1. The third-order valence-electron chi connectivity index (χ3n) is 2.67. The van der Waals surface area contributed by atoms with Crippen LogP contribution in [0.3, 0.4) is 0 Å². The number of ether oxygens (including phenoxy) is 1. The lowest BCUT2D eigenvalue weighted by Crippen LogP contribution is -2.29. The van der Waals surface area contributed by atoms with Crippen LogP contribution in [0.2, 0.25) is 0 Å². The monoisotopic (exact) mass is 327 g/mol. The molecule has 0 bridgehead atoms. The van der Waals surface area contributed by atoms with Gasteiger partial charge in [-0.25, -0.2) is 0 Å². The Morgan fingerprint density at radius 3 is 3.00 bits per heavy atom. The van der Waals surface area contributed by atoms with Gasteiger partial charge in [-0.3, -0.25) is 16.3 Å². The minimum Gasteiger partial charge on any atom is -0.497 e. The molecule has 0 aliphatic heterocycles. The molecule has 4 nitrogen and oxygen atoms in total. The van der Waals surface area contributed by atoms with E-state index >= 15 is 0 Å². The van der Waals surface area contributed by atoms with E-state index in [1.807, 2.05) is 29.9 Å². The summed E-state index contributed by atoms with van der Waals surface area (Å²) >= 11 is 5.17. The number of hydrogen-bond donors (Lipinski definition) is 2. The number of rotatable bonds is 5. The van der Waals surface area contributed by atoms with E-state index in [1.54, 1.807) is 18.4 Å². The van der Waals surface area contributed by atoms with Crippen molar-refractivity contribution < 1.29 is 4.74 Å². The van der Waals surface area contributed by atoms with Gasteiger partial charge in [-0.15, -0.1) is 11.3 Å². The van der Waals surface area contributed by atoms with E-state index in [9.17, 15) is 0 Å². The van der Waals surface area contributed by atoms with Gasteiger partial charge in [-0.2, -0.15) is 0 Å². The molecule has 1 aromatic carbocycles. The topological polar surface area (TPSA) is 60.2 Å². The zero-order valence-corrected chi connectivity index (χ0v) is 12.3. The van der Waals surface area contributed by atoms with E-state index < -0.39 is 0 Å². The summed E-state index contributed by atoms with van der Waals surface area (Å²) in [6.45, 7) is 0. The van der Waals surface area contributed by atoms with Gasteiger partial charge in [0.1, 0.15) is 5.75 Å². The van der Waals surface area contributed by atoms with Gasteiger partial charge < -0.3 is 4.74 Å². The number of nitrogens with zero attached hydrogens (tertiary/aromatic N) is 1. The molecule has 1 heterocycles. The van der Waals surface area contributed by atoms with Crippen LogP contribution in [0.1, 0.15) is 16.5 Å². The fourth-order valence-corrected chi connectivity index (χ4v) is 2.88. The number of hydrogen-bond acceptors (Lipinski definition) is 5. The van der Waals surface area contributed by atoms with Crippen LogP contribution >= 0.6 is 27.3 Å². The maximum Gasteiger partial charge on any atom is 0.119 e. The summed E-state index contributed by atoms with van der Waals surface area (Å²) in [7, 11) is 1.65. The number of hydrazine groups is 1. The summed E-state index contributed by atoms with van der Waals surface area (Å²) in [6, 6.07) is 5.88. The number of nitrogens with two attached hydrogens (primary N) is 1. The summed E-state index contributed by atoms with van der Waals surface area (Å²) in [5.41, 5.74) is 5.74. The fraction of sp³-hybridized carbons (Fsp3) is 0.250. The third-order valence-corrected chi connectivity index (χ3v) is 4.19. The summed E-state index contributed by atoms with van der Waals surface area (Å²) < 4.78 is 6.25. The molecule has 0 saturated carbocycles. The molecule has 1 unspecified atom stereocenters. The maximum absolute atomic E-state index is 5.65. The van der Waals surface area contributed by atoms with Gasteiger partial charge in [0.25, 0.3) is 0 Å². The predicted molar refractivity (Wildman–Crippen MR) is 76.6 cm³/mol. The van der Waals surface area contributed by atoms with Gasteiger partial charge in [0.05, 0.1) is 18.7 Å². The lowest BCUT2D eigenvalue weighted by Gasteiger charge is -2.17. The second-order valence-electron chi connectivity index (χ2n) is 3.78. The summed E-state index contributed by atoms with van der Waals surface area (Å²) in [5, 5.41) is 0. The summed E-state index contributed by atoms with van der Waals surface area (Å²) in [5.74, 6) is 6.47. The van der Waals surface area contributed by atoms with Crippen molar-refractivity contribution in [2.75, 3.05) is 7.11 Å². The molecule has 0 amide bonds. The van der Waals surface area contributed by atoms with Gasteiger partial charge in [0.2, 0.25) is 0 Å². The molecule has 0 radical (unpaired) electrons. The largest absolute Gasteiger partial charge is 0.497 e. The molecule has 1 atom stereocenters. The molecule has 3 N–H and O–H groups in total. The molecule has 2 aromatic rings. The smallest absolute Gasteiger partial charge is 0.119 e. The average molecular weight is 328 g/mol. The van der Waals surface area contributed by atoms with Crippen LogP contribution in [0, 0.1) is 0 Å². The van der Waals surface area contributed by atoms with Crippen molar-refractivity contribution in [2.24, 2.45) is 5.84 Å². The maximum atomic E-state index is 5.65. The molecule has 0 aliphatic carbocycles. The van der Waals surface area contributed by atoms with Crippen molar-refractivity contribution in [1.82, 2.24) is 10.4 Å². The first kappa shape index (κ1) is 13.5. The molecule has 18 heavy (non-hydrogen) atoms. The average Bonchev–Trinajstić information content (AvgIpc) is 2.90. The highest BCUT2D eigenvalue weighted by Crippen LogP contribution is 2.29. The predicted octanol–water partition coefficient (Wildman–Crippen LogP) is 2.66. The lowest BCUT2D eigenvalue weighted by atomic mass is 10.0. The Hall–Kier alpha value is -0.950. The molecule has 0 aliphatic rings. The van der Waals surface area contributed by atoms with Crippen LogP contribution in [0.4, 0.5) is 0 Å². The van der Waals surface area contributed by atoms with Gasteiger partial charge in [-0.05, 0) is 23.8 Å². The number of halogens is 1. The Bertz CT molecular complexity index is 504. The van der Waals surface area contributed by atoms with Gasteiger partial charge in [-0.1, -0.05) is 15.9 Å². The van der Waals surface area contributed by atoms with Crippen LogP contribution in [-0.2, 0) is 6.42 Å². The van der Waals surface area contributed by atoms with Crippen molar-refractivity contribution in [1.29, 1.82) is 0 Å². The fourth-order valence-electron chi connectivity index (χ4n) is 1.72. The van der Waals surface area contributed by atoms with Crippen LogP contribution in [0.5, 0.6) is 5.75 Å². The van der Waals surface area contributed by atoms with E-state index in [0.29, 0.717) is 0 Å². The van der Waals surface area contributed by atoms with Crippen molar-refractivity contribution in [3.8, 4) is 5.75 Å². The quantitative estimate of drug-likeness (QED) is 0.654. The van der Waals surface area contributed by atoms with Gasteiger partial charge in [0.15, 0.2) is 0 Å². The lowest BCUT2D eigenvalue weighted by molar-refractivity contribution is 0.412. The second kappa shape index (κ2) is 6.29.